The van der Waals surface area contributed by atoms with Crippen LogP contribution < -0.4 is 5.48 Å². The minimum atomic E-state index is -0.297. The van der Waals surface area contributed by atoms with Gasteiger partial charge in [0.1, 0.15) is 0 Å². The standard InChI is InChI=1S/C10H11NO2/c1-7-4-5-9(6-8(7)2)10(12)11-13-3/h2,4-6H,1,3H3,(H,11,12). The molecule has 0 bridgehead atoms. The summed E-state index contributed by atoms with van der Waals surface area (Å²) < 4.78 is 0. The molecule has 1 rings (SSSR count). The molecule has 3 nitrogen and oxygen atoms in total. The van der Waals surface area contributed by atoms with E-state index in [0.717, 1.165) is 5.56 Å². The average molecular weight is 177 g/mol. The van der Waals surface area contributed by atoms with Crippen LogP contribution in [-0.2, 0) is 4.84 Å². The summed E-state index contributed by atoms with van der Waals surface area (Å²) in [5, 5.41) is 0. The first kappa shape index (κ1) is 9.74. The quantitative estimate of drug-likeness (QED) is 0.692. The van der Waals surface area contributed by atoms with Crippen molar-refractivity contribution in [1.82, 2.24) is 5.48 Å². The highest BCUT2D eigenvalue weighted by Crippen LogP contribution is 2.09. The molecule has 0 aliphatic rings. The van der Waals surface area contributed by atoms with E-state index in [1.54, 1.807) is 18.2 Å². The predicted molar refractivity (Wildman–Crippen MR) is 49.1 cm³/mol. The van der Waals surface area contributed by atoms with Crippen LogP contribution in [-0.4, -0.2) is 13.0 Å². The molecule has 0 saturated heterocycles. The minimum Gasteiger partial charge on any atom is -0.277 e. The minimum absolute atomic E-state index is 0.297. The normalized spacial score (nSPS) is 9.77. The number of hydrogen-bond acceptors (Lipinski definition) is 2. The molecular formula is C10H11NO2. The van der Waals surface area contributed by atoms with Gasteiger partial charge in [-0.1, -0.05) is 6.07 Å². The first-order chi connectivity index (χ1) is 6.15. The first-order valence-corrected chi connectivity index (χ1v) is 3.84. The van der Waals surface area contributed by atoms with Crippen LogP contribution in [0.1, 0.15) is 21.5 Å². The molecule has 0 aliphatic carbocycles. The highest BCUT2D eigenvalue weighted by atomic mass is 16.6. The Hall–Kier alpha value is -1.35. The summed E-state index contributed by atoms with van der Waals surface area (Å²) in [6.45, 7) is 7.52. The van der Waals surface area contributed by atoms with Crippen molar-refractivity contribution in [2.75, 3.05) is 7.11 Å². The van der Waals surface area contributed by atoms with Crippen LogP contribution in [0.25, 0.3) is 0 Å². The molecule has 0 unspecified atom stereocenters. The van der Waals surface area contributed by atoms with E-state index in [1.807, 2.05) is 6.92 Å². The lowest BCUT2D eigenvalue weighted by Crippen LogP contribution is -2.21. The topological polar surface area (TPSA) is 38.3 Å². The molecule has 1 aromatic carbocycles. The number of carbonyl (C=O) groups is 1. The Morgan fingerprint density at radius 2 is 2.23 bits per heavy atom. The predicted octanol–water partition coefficient (Wildman–Crippen LogP) is 1.35. The van der Waals surface area contributed by atoms with Gasteiger partial charge in [0.25, 0.3) is 5.91 Å². The molecule has 1 aromatic rings. The number of aryl methyl sites for hydroxylation is 1. The second-order valence-corrected chi connectivity index (χ2v) is 2.71. The van der Waals surface area contributed by atoms with Gasteiger partial charge in [0, 0.05) is 5.56 Å². The Labute approximate surface area is 77.7 Å². The van der Waals surface area contributed by atoms with Crippen molar-refractivity contribution in [3.63, 3.8) is 0 Å². The van der Waals surface area contributed by atoms with Crippen LogP contribution in [0.15, 0.2) is 18.2 Å². The van der Waals surface area contributed by atoms with E-state index in [-0.39, 0.29) is 5.91 Å². The number of amides is 1. The van der Waals surface area contributed by atoms with Gasteiger partial charge in [-0.15, -0.1) is 0 Å². The van der Waals surface area contributed by atoms with Gasteiger partial charge in [-0.3, -0.25) is 9.63 Å². The van der Waals surface area contributed by atoms with Crippen molar-refractivity contribution in [2.24, 2.45) is 0 Å². The summed E-state index contributed by atoms with van der Waals surface area (Å²) >= 11 is 0. The summed E-state index contributed by atoms with van der Waals surface area (Å²) in [6, 6.07) is 5.10. The number of rotatable bonds is 2. The molecule has 3 heteroatoms. The highest BCUT2D eigenvalue weighted by molar-refractivity contribution is 5.93. The van der Waals surface area contributed by atoms with Crippen LogP contribution in [0, 0.1) is 13.8 Å². The molecular weight excluding hydrogens is 166 g/mol. The van der Waals surface area contributed by atoms with Crippen molar-refractivity contribution >= 4 is 5.91 Å². The molecule has 0 fully saturated rings. The molecule has 1 amide bonds. The van der Waals surface area contributed by atoms with E-state index in [4.69, 9.17) is 6.92 Å². The molecule has 0 spiro atoms. The lowest BCUT2D eigenvalue weighted by Gasteiger charge is -2.04. The van der Waals surface area contributed by atoms with Crippen LogP contribution in [0.5, 0.6) is 0 Å². The van der Waals surface area contributed by atoms with Crippen molar-refractivity contribution in [3.05, 3.63) is 41.8 Å². The molecule has 2 radical (unpaired) electrons. The molecule has 13 heavy (non-hydrogen) atoms. The zero-order chi connectivity index (χ0) is 9.84. The molecule has 0 heterocycles. The average Bonchev–Trinajstić information content (AvgIpc) is 2.10. The second kappa shape index (κ2) is 4.05. The maximum Gasteiger partial charge on any atom is 0.274 e. The number of hydrogen-bond donors (Lipinski definition) is 1. The number of hydroxylamine groups is 1. The van der Waals surface area contributed by atoms with Gasteiger partial charge in [0.05, 0.1) is 7.11 Å². The third-order valence-corrected chi connectivity index (χ3v) is 1.74. The van der Waals surface area contributed by atoms with Crippen LogP contribution in [0.3, 0.4) is 0 Å². The van der Waals surface area contributed by atoms with Crippen molar-refractivity contribution in [1.29, 1.82) is 0 Å². The zero-order valence-corrected chi connectivity index (χ0v) is 7.63. The molecule has 0 atom stereocenters. The van der Waals surface area contributed by atoms with E-state index >= 15 is 0 Å². The lowest BCUT2D eigenvalue weighted by atomic mass is 10.1. The molecule has 0 saturated carbocycles. The van der Waals surface area contributed by atoms with Gasteiger partial charge < -0.3 is 0 Å². The second-order valence-electron chi connectivity index (χ2n) is 2.71. The van der Waals surface area contributed by atoms with E-state index in [9.17, 15) is 4.79 Å². The fourth-order valence-electron chi connectivity index (χ4n) is 0.933. The van der Waals surface area contributed by atoms with E-state index in [2.05, 4.69) is 10.3 Å². The Balaban J connectivity index is 2.90. The summed E-state index contributed by atoms with van der Waals surface area (Å²) in [5.74, 6) is -0.297. The monoisotopic (exact) mass is 177 g/mol. The van der Waals surface area contributed by atoms with Gasteiger partial charge >= 0.3 is 0 Å². The van der Waals surface area contributed by atoms with Gasteiger partial charge in [0.2, 0.25) is 0 Å². The van der Waals surface area contributed by atoms with Crippen LogP contribution >= 0.6 is 0 Å². The number of nitrogens with one attached hydrogen (secondary N) is 1. The Morgan fingerprint density at radius 3 is 2.77 bits per heavy atom. The molecule has 1 N–H and O–H groups in total. The van der Waals surface area contributed by atoms with Gasteiger partial charge in [0.15, 0.2) is 0 Å². The fraction of sp³-hybridized carbons (Fsp3) is 0.200. The SMILES string of the molecule is [CH]c1cc(C(=O)NOC)ccc1C. The number of carbonyl (C=O) groups excluding carboxylic acids is 1. The largest absolute Gasteiger partial charge is 0.277 e. The number of benzene rings is 1. The summed E-state index contributed by atoms with van der Waals surface area (Å²) in [7, 11) is 1.38. The van der Waals surface area contributed by atoms with Crippen LogP contribution in [0.2, 0.25) is 0 Å². The third kappa shape index (κ3) is 2.29. The fourth-order valence-corrected chi connectivity index (χ4v) is 0.933. The first-order valence-electron chi connectivity index (χ1n) is 3.84. The van der Waals surface area contributed by atoms with Gasteiger partial charge in [-0.25, -0.2) is 5.48 Å². The Kier molecular flexibility index (Phi) is 3.03. The van der Waals surface area contributed by atoms with Crippen molar-refractivity contribution in [3.8, 4) is 0 Å². The lowest BCUT2D eigenvalue weighted by molar-refractivity contribution is 0.0537. The highest BCUT2D eigenvalue weighted by Gasteiger charge is 2.04. The van der Waals surface area contributed by atoms with E-state index in [1.165, 1.54) is 7.11 Å². The third-order valence-electron chi connectivity index (χ3n) is 1.74. The molecule has 68 valence electrons. The van der Waals surface area contributed by atoms with Gasteiger partial charge in [-0.05, 0) is 37.1 Å². The maximum atomic E-state index is 11.2. The smallest absolute Gasteiger partial charge is 0.274 e. The Bertz CT molecular complexity index is 321. The summed E-state index contributed by atoms with van der Waals surface area (Å²) in [5.41, 5.74) is 4.26. The summed E-state index contributed by atoms with van der Waals surface area (Å²) in [4.78, 5) is 15.7. The zero-order valence-electron chi connectivity index (χ0n) is 7.63. The van der Waals surface area contributed by atoms with Crippen LogP contribution in [0.4, 0.5) is 0 Å². The summed E-state index contributed by atoms with van der Waals surface area (Å²) in [6.07, 6.45) is 0. The van der Waals surface area contributed by atoms with E-state index in [0.29, 0.717) is 11.1 Å². The van der Waals surface area contributed by atoms with Gasteiger partial charge in [-0.2, -0.15) is 0 Å². The molecule has 0 aromatic heterocycles. The van der Waals surface area contributed by atoms with Crippen molar-refractivity contribution < 1.29 is 9.63 Å². The maximum absolute atomic E-state index is 11.2. The van der Waals surface area contributed by atoms with Crippen molar-refractivity contribution in [2.45, 2.75) is 6.92 Å². The molecule has 0 aliphatic heterocycles. The van der Waals surface area contributed by atoms with E-state index < -0.39 is 0 Å². The Morgan fingerprint density at radius 1 is 1.54 bits per heavy atom.